The lowest BCUT2D eigenvalue weighted by Crippen LogP contribution is -1.99. The van der Waals surface area contributed by atoms with Crippen molar-refractivity contribution in [3.05, 3.63) is 54.1 Å². The van der Waals surface area contributed by atoms with E-state index in [1.807, 2.05) is 55.5 Å². The van der Waals surface area contributed by atoms with Crippen LogP contribution in [0.15, 0.2) is 48.5 Å². The Labute approximate surface area is 130 Å². The molecule has 2 aromatic rings. The zero-order valence-corrected chi connectivity index (χ0v) is 12.9. The monoisotopic (exact) mass is 302 g/mol. The van der Waals surface area contributed by atoms with Crippen LogP contribution < -0.4 is 4.74 Å². The van der Waals surface area contributed by atoms with Gasteiger partial charge in [-0.2, -0.15) is 0 Å². The number of Topliss-reactive ketones (excluding diaryl/α,β-unsaturated/α-hetero) is 1. The fourth-order valence-electron chi connectivity index (χ4n) is 2.13. The lowest BCUT2D eigenvalue weighted by atomic mass is 10.0. The molecule has 0 saturated carbocycles. The molecule has 0 aliphatic rings. The average molecular weight is 303 g/mol. The summed E-state index contributed by atoms with van der Waals surface area (Å²) in [7, 11) is 0. The molecule has 0 spiro atoms. The first kappa shape index (κ1) is 15.6. The van der Waals surface area contributed by atoms with Crippen LogP contribution >= 0.6 is 11.6 Å². The lowest BCUT2D eigenvalue weighted by Gasteiger charge is -2.06. The number of carbonyl (C=O) groups is 1. The van der Waals surface area contributed by atoms with Crippen molar-refractivity contribution in [2.75, 3.05) is 12.5 Å². The van der Waals surface area contributed by atoms with E-state index < -0.39 is 0 Å². The Balaban J connectivity index is 2.09. The fourth-order valence-corrected chi connectivity index (χ4v) is 2.26. The summed E-state index contributed by atoms with van der Waals surface area (Å²) >= 11 is 5.61. The Morgan fingerprint density at radius 1 is 1.00 bits per heavy atom. The molecule has 2 aromatic carbocycles. The summed E-state index contributed by atoms with van der Waals surface area (Å²) in [6.45, 7) is 2.63. The minimum Gasteiger partial charge on any atom is -0.494 e. The van der Waals surface area contributed by atoms with E-state index in [0.29, 0.717) is 18.9 Å². The van der Waals surface area contributed by atoms with Gasteiger partial charge in [0.25, 0.3) is 0 Å². The van der Waals surface area contributed by atoms with Crippen LogP contribution in [0.4, 0.5) is 0 Å². The highest BCUT2D eigenvalue weighted by Gasteiger charge is 2.06. The molecule has 0 heterocycles. The highest BCUT2D eigenvalue weighted by atomic mass is 35.5. The highest BCUT2D eigenvalue weighted by Crippen LogP contribution is 2.23. The Morgan fingerprint density at radius 2 is 1.57 bits per heavy atom. The van der Waals surface area contributed by atoms with Gasteiger partial charge in [-0.3, -0.25) is 4.79 Å². The first-order chi connectivity index (χ1) is 10.2. The SMILES string of the molecule is CCOc1ccc(-c2ccc(C(=O)CCCCl)cc2)cc1. The smallest absolute Gasteiger partial charge is 0.162 e. The van der Waals surface area contributed by atoms with Gasteiger partial charge in [-0.15, -0.1) is 11.6 Å². The summed E-state index contributed by atoms with van der Waals surface area (Å²) in [5, 5.41) is 0. The van der Waals surface area contributed by atoms with Gasteiger partial charge in [0.2, 0.25) is 0 Å². The molecule has 0 amide bonds. The van der Waals surface area contributed by atoms with E-state index in [9.17, 15) is 4.79 Å². The predicted molar refractivity (Wildman–Crippen MR) is 87.3 cm³/mol. The minimum absolute atomic E-state index is 0.147. The molecule has 110 valence electrons. The zero-order valence-electron chi connectivity index (χ0n) is 12.1. The lowest BCUT2D eigenvalue weighted by molar-refractivity contribution is 0.0982. The van der Waals surface area contributed by atoms with Gasteiger partial charge in [-0.25, -0.2) is 0 Å². The van der Waals surface area contributed by atoms with Crippen molar-refractivity contribution < 1.29 is 9.53 Å². The van der Waals surface area contributed by atoms with Crippen LogP contribution in [-0.2, 0) is 0 Å². The molecule has 0 saturated heterocycles. The standard InChI is InChI=1S/C18H19ClO2/c1-2-21-17-11-9-15(10-12-17)14-5-7-16(8-6-14)18(20)4-3-13-19/h5-12H,2-4,13H2,1H3. The van der Waals surface area contributed by atoms with Gasteiger partial charge in [0.05, 0.1) is 6.61 Å². The summed E-state index contributed by atoms with van der Waals surface area (Å²) < 4.78 is 5.43. The van der Waals surface area contributed by atoms with Crippen LogP contribution in [0.5, 0.6) is 5.75 Å². The summed E-state index contributed by atoms with van der Waals surface area (Å²) in [6.07, 6.45) is 1.23. The number of carbonyl (C=O) groups excluding carboxylic acids is 1. The second kappa shape index (κ2) is 7.84. The first-order valence-electron chi connectivity index (χ1n) is 7.17. The topological polar surface area (TPSA) is 26.3 Å². The van der Waals surface area contributed by atoms with Crippen molar-refractivity contribution in [1.29, 1.82) is 0 Å². The molecule has 3 heteroatoms. The van der Waals surface area contributed by atoms with E-state index in [-0.39, 0.29) is 5.78 Å². The minimum atomic E-state index is 0.147. The normalized spacial score (nSPS) is 10.4. The molecule has 0 N–H and O–H groups in total. The van der Waals surface area contributed by atoms with Gasteiger partial charge in [0.1, 0.15) is 5.75 Å². The molecule has 0 aromatic heterocycles. The van der Waals surface area contributed by atoms with E-state index in [1.165, 1.54) is 0 Å². The second-order valence-corrected chi connectivity index (χ2v) is 5.13. The van der Waals surface area contributed by atoms with Crippen LogP contribution in [0.25, 0.3) is 11.1 Å². The van der Waals surface area contributed by atoms with Gasteiger partial charge >= 0.3 is 0 Å². The average Bonchev–Trinajstić information content (AvgIpc) is 2.54. The second-order valence-electron chi connectivity index (χ2n) is 4.75. The quantitative estimate of drug-likeness (QED) is 0.534. The maximum atomic E-state index is 11.9. The molecule has 2 nitrogen and oxygen atoms in total. The van der Waals surface area contributed by atoms with Crippen molar-refractivity contribution >= 4 is 17.4 Å². The number of benzene rings is 2. The number of rotatable bonds is 7. The summed E-state index contributed by atoms with van der Waals surface area (Å²) in [6, 6.07) is 15.7. The molecule has 0 fully saturated rings. The van der Waals surface area contributed by atoms with Crippen LogP contribution in [0.1, 0.15) is 30.1 Å². The number of ketones is 1. The molecule has 0 atom stereocenters. The Kier molecular flexibility index (Phi) is 5.82. The van der Waals surface area contributed by atoms with Crippen LogP contribution in [0.2, 0.25) is 0 Å². The van der Waals surface area contributed by atoms with E-state index in [0.717, 1.165) is 28.9 Å². The van der Waals surface area contributed by atoms with Gasteiger partial charge < -0.3 is 4.74 Å². The third-order valence-corrected chi connectivity index (χ3v) is 3.51. The fraction of sp³-hybridized carbons (Fsp3) is 0.278. The Bertz CT molecular complexity index is 573. The molecule has 0 unspecified atom stereocenters. The van der Waals surface area contributed by atoms with Crippen LogP contribution in [0, 0.1) is 0 Å². The molecular formula is C18H19ClO2. The maximum Gasteiger partial charge on any atom is 0.162 e. The number of alkyl halides is 1. The molecule has 0 aliphatic heterocycles. The number of hydrogen-bond donors (Lipinski definition) is 0. The van der Waals surface area contributed by atoms with Crippen molar-refractivity contribution in [2.45, 2.75) is 19.8 Å². The van der Waals surface area contributed by atoms with E-state index in [1.54, 1.807) is 0 Å². The Morgan fingerprint density at radius 3 is 2.10 bits per heavy atom. The van der Waals surface area contributed by atoms with E-state index >= 15 is 0 Å². The maximum absolute atomic E-state index is 11.9. The predicted octanol–water partition coefficient (Wildman–Crippen LogP) is 4.95. The molecule has 0 aliphatic carbocycles. The van der Waals surface area contributed by atoms with E-state index in [2.05, 4.69) is 0 Å². The van der Waals surface area contributed by atoms with Crippen molar-refractivity contribution in [1.82, 2.24) is 0 Å². The summed E-state index contributed by atoms with van der Waals surface area (Å²) in [5.41, 5.74) is 2.94. The number of hydrogen-bond acceptors (Lipinski definition) is 2. The van der Waals surface area contributed by atoms with Crippen molar-refractivity contribution in [3.63, 3.8) is 0 Å². The first-order valence-corrected chi connectivity index (χ1v) is 7.70. The van der Waals surface area contributed by atoms with Crippen molar-refractivity contribution in [3.8, 4) is 16.9 Å². The largest absolute Gasteiger partial charge is 0.494 e. The molecule has 0 radical (unpaired) electrons. The van der Waals surface area contributed by atoms with Gasteiger partial charge in [-0.05, 0) is 36.6 Å². The van der Waals surface area contributed by atoms with Gasteiger partial charge in [0.15, 0.2) is 5.78 Å². The summed E-state index contributed by atoms with van der Waals surface area (Å²) in [5.74, 6) is 1.54. The van der Waals surface area contributed by atoms with Crippen molar-refractivity contribution in [2.24, 2.45) is 0 Å². The number of ether oxygens (including phenoxy) is 1. The third kappa shape index (κ3) is 4.33. The molecule has 0 bridgehead atoms. The molecule has 2 rings (SSSR count). The van der Waals surface area contributed by atoms with Crippen LogP contribution in [-0.4, -0.2) is 18.3 Å². The molecule has 21 heavy (non-hydrogen) atoms. The highest BCUT2D eigenvalue weighted by molar-refractivity contribution is 6.18. The van der Waals surface area contributed by atoms with Gasteiger partial charge in [0, 0.05) is 17.9 Å². The third-order valence-electron chi connectivity index (χ3n) is 3.24. The zero-order chi connectivity index (χ0) is 15.1. The Hall–Kier alpha value is -1.80. The molecular weight excluding hydrogens is 284 g/mol. The van der Waals surface area contributed by atoms with Gasteiger partial charge in [-0.1, -0.05) is 36.4 Å². The number of halogens is 1. The summed E-state index contributed by atoms with van der Waals surface area (Å²) in [4.78, 5) is 11.9. The van der Waals surface area contributed by atoms with E-state index in [4.69, 9.17) is 16.3 Å². The van der Waals surface area contributed by atoms with Crippen LogP contribution in [0.3, 0.4) is 0 Å².